The number of nitrogens with one attached hydrogen (secondary N) is 1. The highest BCUT2D eigenvalue weighted by Gasteiger charge is 2.20. The average molecular weight is 397 g/mol. The maximum atomic E-state index is 12.6. The predicted octanol–water partition coefficient (Wildman–Crippen LogP) is 1.96. The minimum Gasteiger partial charge on any atom is -0.454 e. The van der Waals surface area contributed by atoms with E-state index in [-0.39, 0.29) is 25.2 Å². The first-order valence-electron chi connectivity index (χ1n) is 9.48. The second-order valence-corrected chi connectivity index (χ2v) is 6.92. The molecule has 1 saturated heterocycles. The second-order valence-electron chi connectivity index (χ2n) is 6.92. The number of likely N-dealkylation sites (N-methyl/N-ethyl adjacent to an activating group) is 1. The lowest BCUT2D eigenvalue weighted by molar-refractivity contribution is -0.116. The van der Waals surface area contributed by atoms with E-state index in [2.05, 4.69) is 10.2 Å². The molecule has 2 aliphatic rings. The Morgan fingerprint density at radius 3 is 2.52 bits per heavy atom. The Morgan fingerprint density at radius 2 is 1.76 bits per heavy atom. The minimum absolute atomic E-state index is 0.0571. The summed E-state index contributed by atoms with van der Waals surface area (Å²) in [5.74, 6) is 0.623. The summed E-state index contributed by atoms with van der Waals surface area (Å²) in [6, 6.07) is 12.7. The van der Waals surface area contributed by atoms with Crippen LogP contribution in [-0.4, -0.2) is 63.4 Å². The fraction of sp³-hybridized carbons (Fsp3) is 0.333. The predicted molar refractivity (Wildman–Crippen MR) is 108 cm³/mol. The molecule has 2 aromatic rings. The van der Waals surface area contributed by atoms with Crippen molar-refractivity contribution < 1.29 is 23.8 Å². The van der Waals surface area contributed by atoms with E-state index in [0.717, 1.165) is 32.0 Å². The lowest BCUT2D eigenvalue weighted by Crippen LogP contribution is -2.36. The van der Waals surface area contributed by atoms with Crippen molar-refractivity contribution in [3.8, 4) is 11.5 Å². The van der Waals surface area contributed by atoms with E-state index < -0.39 is 0 Å². The Labute approximate surface area is 168 Å². The Morgan fingerprint density at radius 1 is 1.03 bits per heavy atom. The zero-order valence-electron chi connectivity index (χ0n) is 16.2. The molecule has 4 rings (SSSR count). The van der Waals surface area contributed by atoms with Crippen LogP contribution in [-0.2, 0) is 9.53 Å². The summed E-state index contributed by atoms with van der Waals surface area (Å²) in [6.07, 6.45) is 0. The molecule has 0 unspecified atom stereocenters. The number of benzene rings is 2. The molecule has 2 aromatic carbocycles. The quantitative estimate of drug-likeness (QED) is 0.831. The summed E-state index contributed by atoms with van der Waals surface area (Å²) in [4.78, 5) is 28.6. The van der Waals surface area contributed by atoms with Crippen molar-refractivity contribution >= 4 is 23.2 Å². The van der Waals surface area contributed by atoms with Crippen molar-refractivity contribution in [2.45, 2.75) is 0 Å². The van der Waals surface area contributed by atoms with Gasteiger partial charge in [-0.3, -0.25) is 9.59 Å². The molecule has 0 aliphatic carbocycles. The number of rotatable bonds is 5. The van der Waals surface area contributed by atoms with Gasteiger partial charge in [0.1, 0.15) is 0 Å². The highest BCUT2D eigenvalue weighted by molar-refractivity contribution is 5.99. The fourth-order valence-electron chi connectivity index (χ4n) is 3.31. The van der Waals surface area contributed by atoms with Crippen molar-refractivity contribution in [1.29, 1.82) is 0 Å². The highest BCUT2D eigenvalue weighted by atomic mass is 16.7. The van der Waals surface area contributed by atoms with Crippen LogP contribution in [0.4, 0.5) is 11.4 Å². The molecule has 8 nitrogen and oxygen atoms in total. The summed E-state index contributed by atoms with van der Waals surface area (Å²) in [7, 11) is 1.59. The molecule has 8 heteroatoms. The van der Waals surface area contributed by atoms with E-state index in [9.17, 15) is 9.59 Å². The van der Waals surface area contributed by atoms with Gasteiger partial charge in [0.25, 0.3) is 5.91 Å². The average Bonchev–Trinajstić information content (AvgIpc) is 3.22. The number of hydrogen-bond donors (Lipinski definition) is 1. The molecule has 2 heterocycles. The van der Waals surface area contributed by atoms with Crippen LogP contribution in [0.3, 0.4) is 0 Å². The van der Waals surface area contributed by atoms with Crippen LogP contribution in [0.1, 0.15) is 10.4 Å². The Kier molecular flexibility index (Phi) is 5.53. The zero-order valence-corrected chi connectivity index (χ0v) is 16.2. The molecule has 29 heavy (non-hydrogen) atoms. The molecule has 152 valence electrons. The molecule has 1 fully saturated rings. The topological polar surface area (TPSA) is 80.3 Å². The first kappa shape index (κ1) is 19.1. The number of morpholine rings is 1. The molecule has 0 bridgehead atoms. The van der Waals surface area contributed by atoms with E-state index in [0.29, 0.717) is 22.7 Å². The lowest BCUT2D eigenvalue weighted by atomic mass is 10.2. The Bertz CT molecular complexity index is 894. The molecule has 0 atom stereocenters. The van der Waals surface area contributed by atoms with E-state index in [1.807, 2.05) is 24.3 Å². The normalized spacial score (nSPS) is 15.1. The minimum atomic E-state index is -0.263. The third-order valence-electron chi connectivity index (χ3n) is 4.87. The van der Waals surface area contributed by atoms with E-state index in [1.165, 1.54) is 4.90 Å². The summed E-state index contributed by atoms with van der Waals surface area (Å²) in [6.45, 7) is 3.26. The van der Waals surface area contributed by atoms with Gasteiger partial charge in [-0.05, 0) is 42.5 Å². The molecule has 0 saturated carbocycles. The molecule has 2 aliphatic heterocycles. The van der Waals surface area contributed by atoms with Crippen LogP contribution in [0.2, 0.25) is 0 Å². The van der Waals surface area contributed by atoms with Crippen LogP contribution in [0.15, 0.2) is 42.5 Å². The third-order valence-corrected chi connectivity index (χ3v) is 4.87. The van der Waals surface area contributed by atoms with Crippen LogP contribution in [0, 0.1) is 0 Å². The number of carbonyl (C=O) groups is 2. The van der Waals surface area contributed by atoms with Gasteiger partial charge in [0.15, 0.2) is 11.5 Å². The SMILES string of the molecule is CN(CC(=O)Nc1ccc(N2CCOCC2)cc1)C(=O)c1ccc2c(c1)OCO2. The number of ether oxygens (including phenoxy) is 3. The van der Waals surface area contributed by atoms with Crippen LogP contribution in [0.5, 0.6) is 11.5 Å². The number of carbonyl (C=O) groups excluding carboxylic acids is 2. The van der Waals surface area contributed by atoms with Gasteiger partial charge in [-0.2, -0.15) is 0 Å². The van der Waals surface area contributed by atoms with Crippen LogP contribution >= 0.6 is 0 Å². The van der Waals surface area contributed by atoms with Crippen molar-refractivity contribution in [2.75, 3.05) is 56.9 Å². The van der Waals surface area contributed by atoms with E-state index in [4.69, 9.17) is 14.2 Å². The van der Waals surface area contributed by atoms with E-state index in [1.54, 1.807) is 25.2 Å². The number of hydrogen-bond acceptors (Lipinski definition) is 6. The molecule has 1 N–H and O–H groups in total. The van der Waals surface area contributed by atoms with Gasteiger partial charge in [-0.25, -0.2) is 0 Å². The standard InChI is InChI=1S/C21H23N3O5/c1-23(21(26)15-2-7-18-19(12-15)29-14-28-18)13-20(25)22-16-3-5-17(6-4-16)24-8-10-27-11-9-24/h2-7,12H,8-11,13-14H2,1H3,(H,22,25). The van der Waals surface area contributed by atoms with Crippen molar-refractivity contribution in [3.63, 3.8) is 0 Å². The molecule has 0 radical (unpaired) electrons. The number of amides is 2. The smallest absolute Gasteiger partial charge is 0.254 e. The summed E-state index contributed by atoms with van der Waals surface area (Å²) < 4.78 is 15.9. The molecule has 2 amide bonds. The Balaban J connectivity index is 1.32. The molecular formula is C21H23N3O5. The summed E-state index contributed by atoms with van der Waals surface area (Å²) >= 11 is 0. The first-order chi connectivity index (χ1) is 14.1. The molecular weight excluding hydrogens is 374 g/mol. The maximum Gasteiger partial charge on any atom is 0.254 e. The van der Waals surface area contributed by atoms with Crippen molar-refractivity contribution in [1.82, 2.24) is 4.90 Å². The van der Waals surface area contributed by atoms with Crippen LogP contribution in [0.25, 0.3) is 0 Å². The van der Waals surface area contributed by atoms with Gasteiger partial charge in [-0.1, -0.05) is 0 Å². The maximum absolute atomic E-state index is 12.6. The monoisotopic (exact) mass is 397 g/mol. The molecule has 0 aromatic heterocycles. The summed E-state index contributed by atoms with van der Waals surface area (Å²) in [5, 5.41) is 2.83. The fourth-order valence-corrected chi connectivity index (χ4v) is 3.31. The third kappa shape index (κ3) is 4.43. The van der Waals surface area contributed by atoms with Gasteiger partial charge in [0.05, 0.1) is 19.8 Å². The number of fused-ring (bicyclic) bond motifs is 1. The van der Waals surface area contributed by atoms with Gasteiger partial charge >= 0.3 is 0 Å². The van der Waals surface area contributed by atoms with Crippen molar-refractivity contribution in [3.05, 3.63) is 48.0 Å². The van der Waals surface area contributed by atoms with Gasteiger partial charge in [-0.15, -0.1) is 0 Å². The summed E-state index contributed by atoms with van der Waals surface area (Å²) in [5.41, 5.74) is 2.23. The highest BCUT2D eigenvalue weighted by Crippen LogP contribution is 2.32. The van der Waals surface area contributed by atoms with Gasteiger partial charge < -0.3 is 29.3 Å². The lowest BCUT2D eigenvalue weighted by Gasteiger charge is -2.28. The second kappa shape index (κ2) is 8.40. The largest absolute Gasteiger partial charge is 0.454 e. The van der Waals surface area contributed by atoms with Gasteiger partial charge in [0.2, 0.25) is 12.7 Å². The van der Waals surface area contributed by atoms with Crippen molar-refractivity contribution in [2.24, 2.45) is 0 Å². The number of anilines is 2. The van der Waals surface area contributed by atoms with E-state index >= 15 is 0 Å². The number of nitrogens with zero attached hydrogens (tertiary/aromatic N) is 2. The van der Waals surface area contributed by atoms with Crippen LogP contribution < -0.4 is 19.7 Å². The Hall–Kier alpha value is -3.26. The molecule has 0 spiro atoms. The zero-order chi connectivity index (χ0) is 20.2. The van der Waals surface area contributed by atoms with Gasteiger partial charge in [0, 0.05) is 37.1 Å². The first-order valence-corrected chi connectivity index (χ1v) is 9.48.